The number of rotatable bonds is 0. The van der Waals surface area contributed by atoms with E-state index >= 15 is 0 Å². The topological polar surface area (TPSA) is 25.8 Å². The molecule has 0 unspecified atom stereocenters. The quantitative estimate of drug-likeness (QED) is 0.411. The van der Waals surface area contributed by atoms with Gasteiger partial charge >= 0.3 is 54.8 Å². The standard InChI is InChI=1S/C4H2FN2.Li/c5-4-3-6-1-2-7-4;/h1-2H;. The van der Waals surface area contributed by atoms with Crippen LogP contribution in [0.15, 0.2) is 12.4 Å². The van der Waals surface area contributed by atoms with Crippen LogP contribution in [0.5, 0.6) is 0 Å². The van der Waals surface area contributed by atoms with Gasteiger partial charge in [0, 0.05) is 0 Å². The van der Waals surface area contributed by atoms with Crippen LogP contribution in [0.3, 0.4) is 0 Å². The van der Waals surface area contributed by atoms with Gasteiger partial charge in [0.15, 0.2) is 0 Å². The van der Waals surface area contributed by atoms with Crippen molar-refractivity contribution in [1.29, 1.82) is 0 Å². The molecular weight excluding hydrogens is 102 g/mol. The summed E-state index contributed by atoms with van der Waals surface area (Å²) in [6.07, 6.45) is 2.78. The van der Waals surface area contributed by atoms with Gasteiger partial charge in [-0.1, -0.05) is 0 Å². The first-order valence-electron chi connectivity index (χ1n) is 2.24. The summed E-state index contributed by atoms with van der Waals surface area (Å²) in [4.78, 5) is 6.99. The zero-order valence-electron chi connectivity index (χ0n) is 4.43. The molecule has 1 aromatic heterocycles. The van der Waals surface area contributed by atoms with Gasteiger partial charge in [-0.25, -0.2) is 0 Å². The Bertz CT molecular complexity index is 170. The molecule has 0 atom stereocenters. The van der Waals surface area contributed by atoms with Crippen LogP contribution in [-0.4, -0.2) is 27.7 Å². The summed E-state index contributed by atoms with van der Waals surface area (Å²) < 4.78 is 12.5. The van der Waals surface area contributed by atoms with Gasteiger partial charge in [-0.2, -0.15) is 0 Å². The Morgan fingerprint density at radius 2 is 2.00 bits per heavy atom. The molecule has 0 aliphatic heterocycles. The van der Waals surface area contributed by atoms with Gasteiger partial charge in [-0.05, 0) is 0 Å². The SMILES string of the molecule is [Li][c]1nccnc1F. The second-order valence-corrected chi connectivity index (χ2v) is 1.43. The molecule has 0 radical (unpaired) electrons. The fraction of sp³-hybridized carbons (Fsp3) is 0. The minimum atomic E-state index is -0.493. The number of halogens is 1. The zero-order valence-corrected chi connectivity index (χ0v) is 4.43. The first kappa shape index (κ1) is 5.74. The van der Waals surface area contributed by atoms with Gasteiger partial charge in [0.05, 0.1) is 0 Å². The minimum absolute atomic E-state index is 0.340. The van der Waals surface area contributed by atoms with E-state index in [1.807, 2.05) is 0 Å². The average molecular weight is 104 g/mol. The summed E-state index contributed by atoms with van der Waals surface area (Å²) in [5.74, 6) is -0.493. The molecule has 4 heteroatoms. The van der Waals surface area contributed by atoms with Gasteiger partial charge in [0.25, 0.3) is 0 Å². The molecule has 8 heavy (non-hydrogen) atoms. The van der Waals surface area contributed by atoms with Crippen LogP contribution in [0.1, 0.15) is 0 Å². The van der Waals surface area contributed by atoms with Crippen molar-refractivity contribution >= 4 is 22.1 Å². The fourth-order valence-corrected chi connectivity index (χ4v) is 0.391. The van der Waals surface area contributed by atoms with E-state index in [9.17, 15) is 4.39 Å². The van der Waals surface area contributed by atoms with Gasteiger partial charge in [0.1, 0.15) is 0 Å². The summed E-state index contributed by atoms with van der Waals surface area (Å²) in [5.41, 5.74) is 0. The Labute approximate surface area is 55.4 Å². The second kappa shape index (κ2) is 2.25. The predicted octanol–water partition coefficient (Wildman–Crippen LogP) is -0.591. The van der Waals surface area contributed by atoms with Crippen LogP contribution in [0.4, 0.5) is 4.39 Å². The van der Waals surface area contributed by atoms with E-state index in [1.165, 1.54) is 12.4 Å². The van der Waals surface area contributed by atoms with E-state index in [1.54, 1.807) is 17.7 Å². The second-order valence-electron chi connectivity index (χ2n) is 1.43. The van der Waals surface area contributed by atoms with Crippen LogP contribution in [0, 0.1) is 5.95 Å². The first-order chi connectivity index (χ1) is 3.80. The normalized spacial score (nSPS) is 9.38. The molecule has 36 valence electrons. The molecule has 0 amide bonds. The number of hydrogen-bond acceptors (Lipinski definition) is 2. The van der Waals surface area contributed by atoms with E-state index in [-0.39, 0.29) is 0 Å². The third kappa shape index (κ3) is 1.06. The molecule has 1 rings (SSSR count). The fourth-order valence-electron chi connectivity index (χ4n) is 0.391. The third-order valence-corrected chi connectivity index (χ3v) is 0.821. The molecule has 0 fully saturated rings. The van der Waals surface area contributed by atoms with Crippen molar-refractivity contribution in [3.8, 4) is 0 Å². The van der Waals surface area contributed by atoms with Crippen molar-refractivity contribution < 1.29 is 4.39 Å². The van der Waals surface area contributed by atoms with Crippen molar-refractivity contribution in [2.45, 2.75) is 0 Å². The van der Waals surface area contributed by atoms with Crippen LogP contribution < -0.4 is 4.37 Å². The Kier molecular flexibility index (Phi) is 1.61. The van der Waals surface area contributed by atoms with Crippen molar-refractivity contribution in [3.05, 3.63) is 18.3 Å². The van der Waals surface area contributed by atoms with Gasteiger partial charge in [-0.15, -0.1) is 0 Å². The summed E-state index contributed by atoms with van der Waals surface area (Å²) in [6.45, 7) is 0. The Morgan fingerprint density at radius 3 is 2.38 bits per heavy atom. The van der Waals surface area contributed by atoms with Crippen molar-refractivity contribution in [2.75, 3.05) is 0 Å². The van der Waals surface area contributed by atoms with Gasteiger partial charge in [0.2, 0.25) is 0 Å². The van der Waals surface area contributed by atoms with Crippen LogP contribution in [0.25, 0.3) is 0 Å². The molecule has 2 nitrogen and oxygen atoms in total. The van der Waals surface area contributed by atoms with E-state index < -0.39 is 5.95 Å². The van der Waals surface area contributed by atoms with Crippen molar-refractivity contribution in [2.24, 2.45) is 0 Å². The zero-order chi connectivity index (χ0) is 5.98. The van der Waals surface area contributed by atoms with E-state index in [0.29, 0.717) is 4.37 Å². The Hall–Kier alpha value is -0.393. The predicted molar refractivity (Wildman–Crippen MR) is 27.4 cm³/mol. The maximum atomic E-state index is 12.1. The van der Waals surface area contributed by atoms with Crippen LogP contribution in [-0.2, 0) is 0 Å². The number of aromatic nitrogens is 2. The van der Waals surface area contributed by atoms with E-state index in [4.69, 9.17) is 0 Å². The van der Waals surface area contributed by atoms with Crippen LogP contribution >= 0.6 is 0 Å². The van der Waals surface area contributed by atoms with E-state index in [2.05, 4.69) is 9.97 Å². The Morgan fingerprint density at radius 1 is 1.38 bits per heavy atom. The molecule has 0 bridgehead atoms. The molecule has 0 aromatic carbocycles. The van der Waals surface area contributed by atoms with E-state index in [0.717, 1.165) is 0 Å². The average Bonchev–Trinajstić information content (AvgIpc) is 1.77. The molecule has 1 heterocycles. The summed E-state index contributed by atoms with van der Waals surface area (Å²) in [7, 11) is 0. The summed E-state index contributed by atoms with van der Waals surface area (Å²) in [5, 5.41) is 0. The maximum absolute atomic E-state index is 12.1. The monoisotopic (exact) mass is 104 g/mol. The number of nitrogens with zero attached hydrogens (tertiary/aromatic N) is 2. The molecule has 0 N–H and O–H groups in total. The van der Waals surface area contributed by atoms with Crippen molar-refractivity contribution in [3.63, 3.8) is 0 Å². The molecule has 1 aromatic rings. The molecule has 0 saturated carbocycles. The van der Waals surface area contributed by atoms with Crippen molar-refractivity contribution in [1.82, 2.24) is 9.97 Å². The molecule has 0 spiro atoms. The molecule has 0 aliphatic rings. The van der Waals surface area contributed by atoms with Gasteiger partial charge < -0.3 is 0 Å². The molecular formula is C4H2FLiN2. The summed E-state index contributed by atoms with van der Waals surface area (Å²) in [6, 6.07) is 0. The first-order valence-corrected chi connectivity index (χ1v) is 2.24. The summed E-state index contributed by atoms with van der Waals surface area (Å²) >= 11 is 1.57. The Balaban J connectivity index is 3.13. The molecule has 0 aliphatic carbocycles. The molecule has 0 saturated heterocycles. The van der Waals surface area contributed by atoms with Gasteiger partial charge in [-0.3, -0.25) is 0 Å². The third-order valence-electron chi connectivity index (χ3n) is 0.821. The van der Waals surface area contributed by atoms with Crippen LogP contribution in [0.2, 0.25) is 0 Å². The number of hydrogen-bond donors (Lipinski definition) is 0.